The van der Waals surface area contributed by atoms with Crippen molar-refractivity contribution in [3.63, 3.8) is 0 Å². The highest BCUT2D eigenvalue weighted by Crippen LogP contribution is 2.51. The van der Waals surface area contributed by atoms with Gasteiger partial charge in [0.25, 0.3) is 0 Å². The molecular formula is C26H18Cl3F2NO7S. The fourth-order valence-corrected chi connectivity index (χ4v) is 6.19. The van der Waals surface area contributed by atoms with E-state index in [1.807, 2.05) is 0 Å². The average Bonchev–Trinajstić information content (AvgIpc) is 3.61. The van der Waals surface area contributed by atoms with Crippen LogP contribution in [0.25, 0.3) is 0 Å². The summed E-state index contributed by atoms with van der Waals surface area (Å²) in [5.74, 6) is -3.56. The van der Waals surface area contributed by atoms with Crippen LogP contribution in [-0.4, -0.2) is 50.6 Å². The van der Waals surface area contributed by atoms with Crippen LogP contribution in [0.3, 0.4) is 0 Å². The normalized spacial score (nSPS) is 19.8. The third kappa shape index (κ3) is 5.98. The number of alkyl halides is 1. The number of benzene rings is 3. The third-order valence-corrected chi connectivity index (χ3v) is 8.51. The molecule has 0 spiro atoms. The molecule has 1 aliphatic rings. The number of carbonyl (C=O) groups is 2. The minimum absolute atomic E-state index is 0.0280. The second-order valence-corrected chi connectivity index (χ2v) is 11.2. The van der Waals surface area contributed by atoms with E-state index >= 15 is 4.39 Å². The fraction of sp³-hybridized carbons (Fsp3) is 0.192. The molecule has 1 aliphatic carbocycles. The molecule has 4 atom stereocenters. The van der Waals surface area contributed by atoms with Gasteiger partial charge >= 0.3 is 22.1 Å². The second-order valence-electron chi connectivity index (χ2n) is 8.56. The summed E-state index contributed by atoms with van der Waals surface area (Å²) >= 11 is 17.5. The summed E-state index contributed by atoms with van der Waals surface area (Å²) in [6, 6.07) is 15.7. The molecule has 0 saturated heterocycles. The smallest absolute Gasteiger partial charge is 0.338 e. The predicted octanol–water partition coefficient (Wildman–Crippen LogP) is 6.07. The lowest BCUT2D eigenvalue weighted by Crippen LogP contribution is -2.47. The average molecular weight is 633 g/mol. The molecule has 14 heteroatoms. The van der Waals surface area contributed by atoms with Gasteiger partial charge in [0.2, 0.25) is 0 Å². The molecule has 1 N–H and O–H groups in total. The van der Waals surface area contributed by atoms with E-state index in [-0.39, 0.29) is 22.4 Å². The lowest BCUT2D eigenvalue weighted by Gasteiger charge is -2.28. The summed E-state index contributed by atoms with van der Waals surface area (Å²) in [5, 5.41) is 5.56. The fourth-order valence-electron chi connectivity index (χ4n) is 3.88. The van der Waals surface area contributed by atoms with Gasteiger partial charge in [0.05, 0.1) is 26.2 Å². The molecule has 0 heterocycles. The van der Waals surface area contributed by atoms with E-state index in [2.05, 4.69) is 0 Å². The van der Waals surface area contributed by atoms with Gasteiger partial charge in [0.15, 0.2) is 23.7 Å². The first-order valence-corrected chi connectivity index (χ1v) is 13.9. The Labute approximate surface area is 242 Å². The van der Waals surface area contributed by atoms with Crippen molar-refractivity contribution in [2.45, 2.75) is 35.3 Å². The molecule has 2 unspecified atom stereocenters. The Morgan fingerprint density at radius 1 is 0.975 bits per heavy atom. The van der Waals surface area contributed by atoms with Gasteiger partial charge in [-0.05, 0) is 30.3 Å². The van der Waals surface area contributed by atoms with Crippen molar-refractivity contribution in [1.29, 1.82) is 5.41 Å². The maximum absolute atomic E-state index is 15.2. The molecule has 0 radical (unpaired) electrons. The monoisotopic (exact) mass is 631 g/mol. The van der Waals surface area contributed by atoms with E-state index in [0.717, 1.165) is 6.07 Å². The van der Waals surface area contributed by atoms with Gasteiger partial charge in [-0.3, -0.25) is 4.18 Å². The van der Waals surface area contributed by atoms with Gasteiger partial charge in [-0.1, -0.05) is 71.2 Å². The lowest BCUT2D eigenvalue weighted by atomic mass is 10.1. The Bertz CT molecular complexity index is 1560. The molecular weight excluding hydrogens is 615 g/mol. The first-order valence-electron chi connectivity index (χ1n) is 11.4. The van der Waals surface area contributed by atoms with Crippen molar-refractivity contribution < 1.29 is 40.4 Å². The van der Waals surface area contributed by atoms with Gasteiger partial charge in [0, 0.05) is 12.6 Å². The van der Waals surface area contributed by atoms with Crippen LogP contribution in [0.2, 0.25) is 15.1 Å². The van der Waals surface area contributed by atoms with Crippen molar-refractivity contribution in [1.82, 2.24) is 0 Å². The highest BCUT2D eigenvalue weighted by Gasteiger charge is 2.70. The lowest BCUT2D eigenvalue weighted by molar-refractivity contribution is -0.0557. The van der Waals surface area contributed by atoms with Crippen LogP contribution in [0, 0.1) is 11.2 Å². The second kappa shape index (κ2) is 11.8. The molecule has 1 fully saturated rings. The molecule has 0 aromatic heterocycles. The van der Waals surface area contributed by atoms with Crippen LogP contribution in [0.4, 0.5) is 8.78 Å². The minimum atomic E-state index is -5.25. The van der Waals surface area contributed by atoms with Crippen molar-refractivity contribution in [3.8, 4) is 0 Å². The van der Waals surface area contributed by atoms with E-state index in [0.29, 0.717) is 0 Å². The van der Waals surface area contributed by atoms with E-state index < -0.39 is 73.2 Å². The highest BCUT2D eigenvalue weighted by molar-refractivity contribution is 7.87. The van der Waals surface area contributed by atoms with E-state index in [1.54, 1.807) is 24.3 Å². The number of halogens is 5. The summed E-state index contributed by atoms with van der Waals surface area (Å²) in [4.78, 5) is 24.3. The summed E-state index contributed by atoms with van der Waals surface area (Å²) in [5.41, 5.74) is -2.36. The van der Waals surface area contributed by atoms with Crippen LogP contribution in [-0.2, 0) is 23.8 Å². The topological polar surface area (TPSA) is 120 Å². The minimum Gasteiger partial charge on any atom is -0.455 e. The Kier molecular flexibility index (Phi) is 8.81. The number of esters is 2. The molecule has 0 aliphatic heterocycles. The van der Waals surface area contributed by atoms with Crippen molar-refractivity contribution >= 4 is 63.1 Å². The molecule has 3 aromatic carbocycles. The quantitative estimate of drug-likeness (QED) is 0.0947. The van der Waals surface area contributed by atoms with Crippen molar-refractivity contribution in [2.24, 2.45) is 0 Å². The largest absolute Gasteiger partial charge is 0.455 e. The number of ether oxygens (including phenoxy) is 2. The number of nitrogens with one attached hydrogen (secondary N) is 1. The molecule has 8 nitrogen and oxygen atoms in total. The highest BCUT2D eigenvalue weighted by atomic mass is 35.5. The van der Waals surface area contributed by atoms with Gasteiger partial charge in [-0.2, -0.15) is 8.42 Å². The Morgan fingerprint density at radius 2 is 1.52 bits per heavy atom. The van der Waals surface area contributed by atoms with E-state index in [1.165, 1.54) is 36.4 Å². The maximum Gasteiger partial charge on any atom is 0.338 e. The molecule has 1 saturated carbocycles. The summed E-state index contributed by atoms with van der Waals surface area (Å²) in [6.07, 6.45) is -6.33. The third-order valence-electron chi connectivity index (χ3n) is 5.91. The summed E-state index contributed by atoms with van der Waals surface area (Å²) in [7, 11) is -5.25. The molecule has 40 heavy (non-hydrogen) atoms. The zero-order valence-electron chi connectivity index (χ0n) is 20.0. The number of hydrogen-bond acceptors (Lipinski definition) is 8. The Balaban J connectivity index is 1.76. The van der Waals surface area contributed by atoms with Gasteiger partial charge in [-0.15, -0.1) is 0 Å². The van der Waals surface area contributed by atoms with Crippen LogP contribution >= 0.6 is 34.8 Å². The van der Waals surface area contributed by atoms with Crippen LogP contribution in [0.1, 0.15) is 27.1 Å². The number of carbonyl (C=O) groups excluding carboxylic acids is 2. The maximum atomic E-state index is 15.2. The standard InChI is InChI=1S/C26H18Cl3F2NO7S/c27-16-11-17(28)22(21(31)20(16)29)40(35,36)39-26(12-19(26)37-24(33)14-7-3-1-4-8-14)23(18(30)13-32)38-25(34)15-9-5-2-6-10-15/h1-11,13,18-19,23,32H,12H2/t18-,19?,23+,26?/m1/s1. The van der Waals surface area contributed by atoms with Gasteiger partial charge in [-0.25, -0.2) is 18.4 Å². The SMILES string of the molecule is N=C[C@@H](F)[C@H](OC(=O)c1ccccc1)C1(OS(=O)(=O)c2c(Cl)cc(Cl)c(Cl)c2F)CC1OC(=O)c1ccccc1. The Morgan fingerprint density at radius 3 is 2.08 bits per heavy atom. The predicted molar refractivity (Wildman–Crippen MR) is 142 cm³/mol. The summed E-state index contributed by atoms with van der Waals surface area (Å²) < 4.78 is 72.9. The summed E-state index contributed by atoms with van der Waals surface area (Å²) in [6.45, 7) is 0. The first kappa shape index (κ1) is 29.9. The molecule has 0 amide bonds. The first-order chi connectivity index (χ1) is 18.9. The molecule has 0 bridgehead atoms. The molecule has 4 rings (SSSR count). The zero-order chi connectivity index (χ0) is 29.2. The van der Waals surface area contributed by atoms with Gasteiger partial charge in [0.1, 0.15) is 11.0 Å². The molecule has 3 aromatic rings. The van der Waals surface area contributed by atoms with Crippen LogP contribution < -0.4 is 0 Å². The van der Waals surface area contributed by atoms with Gasteiger partial charge < -0.3 is 14.9 Å². The van der Waals surface area contributed by atoms with Crippen molar-refractivity contribution in [2.75, 3.05) is 0 Å². The van der Waals surface area contributed by atoms with E-state index in [4.69, 9.17) is 53.9 Å². The molecule has 210 valence electrons. The van der Waals surface area contributed by atoms with Crippen LogP contribution in [0.5, 0.6) is 0 Å². The van der Waals surface area contributed by atoms with Crippen LogP contribution in [0.15, 0.2) is 71.6 Å². The van der Waals surface area contributed by atoms with E-state index in [9.17, 15) is 22.4 Å². The number of hydrogen-bond donors (Lipinski definition) is 1. The Hall–Kier alpha value is -3.09. The van der Waals surface area contributed by atoms with Crippen molar-refractivity contribution in [3.05, 3.63) is 98.7 Å². The zero-order valence-corrected chi connectivity index (χ0v) is 23.1. The number of rotatable bonds is 10.